The SMILES string of the molecule is CN(C)C(=O)N1CCN(S(=O)(=O)c2ccccc2)C1c1ccccc1. The molecule has 0 aliphatic carbocycles. The predicted molar refractivity (Wildman–Crippen MR) is 95.3 cm³/mol. The monoisotopic (exact) mass is 359 g/mol. The lowest BCUT2D eigenvalue weighted by Gasteiger charge is -2.31. The second-order valence-corrected chi connectivity index (χ2v) is 7.97. The molecule has 7 heteroatoms. The van der Waals surface area contributed by atoms with Crippen molar-refractivity contribution in [1.82, 2.24) is 14.1 Å². The molecule has 0 aromatic heterocycles. The van der Waals surface area contributed by atoms with Gasteiger partial charge in [0.05, 0.1) is 4.90 Å². The molecule has 0 saturated carbocycles. The highest BCUT2D eigenvalue weighted by Crippen LogP contribution is 2.35. The van der Waals surface area contributed by atoms with Crippen molar-refractivity contribution >= 4 is 16.1 Å². The lowest BCUT2D eigenvalue weighted by atomic mass is 10.1. The Morgan fingerprint density at radius 2 is 1.52 bits per heavy atom. The minimum absolute atomic E-state index is 0.209. The van der Waals surface area contributed by atoms with Gasteiger partial charge in [0.1, 0.15) is 6.17 Å². The van der Waals surface area contributed by atoms with E-state index in [1.165, 1.54) is 9.21 Å². The number of rotatable bonds is 3. The van der Waals surface area contributed by atoms with Gasteiger partial charge in [0.15, 0.2) is 0 Å². The summed E-state index contributed by atoms with van der Waals surface area (Å²) in [7, 11) is -0.376. The molecule has 25 heavy (non-hydrogen) atoms. The molecule has 1 saturated heterocycles. The molecule has 1 aliphatic heterocycles. The molecular formula is C18H21N3O3S. The van der Waals surface area contributed by atoms with E-state index in [4.69, 9.17) is 0 Å². The van der Waals surface area contributed by atoms with E-state index in [0.717, 1.165) is 5.56 Å². The smallest absolute Gasteiger partial charge is 0.321 e. The van der Waals surface area contributed by atoms with Crippen LogP contribution in [0.3, 0.4) is 0 Å². The van der Waals surface area contributed by atoms with Gasteiger partial charge in [-0.25, -0.2) is 13.2 Å². The van der Waals surface area contributed by atoms with E-state index < -0.39 is 16.2 Å². The van der Waals surface area contributed by atoms with E-state index in [1.54, 1.807) is 49.3 Å². The molecule has 2 aromatic carbocycles. The minimum Gasteiger partial charge on any atom is -0.331 e. The zero-order chi connectivity index (χ0) is 18.0. The van der Waals surface area contributed by atoms with Crippen LogP contribution in [0.15, 0.2) is 65.6 Å². The van der Waals surface area contributed by atoms with Crippen molar-refractivity contribution in [2.45, 2.75) is 11.1 Å². The van der Waals surface area contributed by atoms with Gasteiger partial charge < -0.3 is 9.80 Å². The minimum atomic E-state index is -3.71. The molecule has 2 amide bonds. The van der Waals surface area contributed by atoms with E-state index in [9.17, 15) is 13.2 Å². The van der Waals surface area contributed by atoms with E-state index in [0.29, 0.717) is 6.54 Å². The summed E-state index contributed by atoms with van der Waals surface area (Å²) in [6, 6.07) is 17.4. The molecule has 3 rings (SSSR count). The third kappa shape index (κ3) is 3.25. The maximum Gasteiger partial charge on any atom is 0.321 e. The third-order valence-electron chi connectivity index (χ3n) is 4.21. The molecular weight excluding hydrogens is 338 g/mol. The van der Waals surface area contributed by atoms with Crippen LogP contribution in [0, 0.1) is 0 Å². The quantitative estimate of drug-likeness (QED) is 0.845. The number of hydrogen-bond donors (Lipinski definition) is 0. The molecule has 2 aromatic rings. The summed E-state index contributed by atoms with van der Waals surface area (Å²) in [5.74, 6) is 0. The topological polar surface area (TPSA) is 60.9 Å². The Labute approximate surface area is 148 Å². The van der Waals surface area contributed by atoms with E-state index in [1.807, 2.05) is 30.3 Å². The summed E-state index contributed by atoms with van der Waals surface area (Å²) in [5.41, 5.74) is 0.773. The standard InChI is InChI=1S/C18H21N3O3S/c1-19(2)18(22)20-13-14-21(17(20)15-9-5-3-6-10-15)25(23,24)16-11-7-4-8-12-16/h3-12,17H,13-14H2,1-2H3. The molecule has 0 N–H and O–H groups in total. The van der Waals surface area contributed by atoms with Crippen molar-refractivity contribution in [3.63, 3.8) is 0 Å². The lowest BCUT2D eigenvalue weighted by molar-refractivity contribution is 0.151. The largest absolute Gasteiger partial charge is 0.331 e. The first-order valence-electron chi connectivity index (χ1n) is 8.02. The van der Waals surface area contributed by atoms with E-state index >= 15 is 0 Å². The van der Waals surface area contributed by atoms with Crippen LogP contribution in [0.1, 0.15) is 11.7 Å². The number of carbonyl (C=O) groups excluding carboxylic acids is 1. The number of carbonyl (C=O) groups is 1. The van der Waals surface area contributed by atoms with Gasteiger partial charge in [-0.05, 0) is 17.7 Å². The molecule has 0 radical (unpaired) electrons. The van der Waals surface area contributed by atoms with Crippen LogP contribution < -0.4 is 0 Å². The first-order valence-corrected chi connectivity index (χ1v) is 9.46. The Morgan fingerprint density at radius 1 is 0.960 bits per heavy atom. The molecule has 6 nitrogen and oxygen atoms in total. The highest BCUT2D eigenvalue weighted by molar-refractivity contribution is 7.89. The fourth-order valence-electron chi connectivity index (χ4n) is 3.01. The van der Waals surface area contributed by atoms with Gasteiger partial charge in [-0.1, -0.05) is 48.5 Å². The fourth-order valence-corrected chi connectivity index (χ4v) is 4.61. The Balaban J connectivity index is 2.05. The second-order valence-electron chi connectivity index (χ2n) is 6.08. The van der Waals surface area contributed by atoms with Gasteiger partial charge in [-0.2, -0.15) is 4.31 Å². The number of hydrogen-bond acceptors (Lipinski definition) is 3. The summed E-state index contributed by atoms with van der Waals surface area (Å²) < 4.78 is 27.7. The highest BCUT2D eigenvalue weighted by Gasteiger charge is 2.43. The zero-order valence-corrected chi connectivity index (χ0v) is 15.1. The molecule has 1 fully saturated rings. The molecule has 1 atom stereocenters. The Bertz CT molecular complexity index is 838. The first kappa shape index (κ1) is 17.4. The first-order chi connectivity index (χ1) is 11.9. The van der Waals surface area contributed by atoms with Crippen LogP contribution in [0.5, 0.6) is 0 Å². The lowest BCUT2D eigenvalue weighted by Crippen LogP contribution is -2.42. The van der Waals surface area contributed by atoms with Crippen LogP contribution in [-0.2, 0) is 10.0 Å². The van der Waals surface area contributed by atoms with Crippen molar-refractivity contribution < 1.29 is 13.2 Å². The van der Waals surface area contributed by atoms with Crippen LogP contribution in [0.4, 0.5) is 4.79 Å². The summed E-state index contributed by atoms with van der Waals surface area (Å²) in [5, 5.41) is 0. The van der Waals surface area contributed by atoms with Gasteiger partial charge in [0.2, 0.25) is 10.0 Å². The van der Waals surface area contributed by atoms with Gasteiger partial charge in [-0.15, -0.1) is 0 Å². The van der Waals surface area contributed by atoms with Crippen molar-refractivity contribution in [2.24, 2.45) is 0 Å². The maximum absolute atomic E-state index is 13.1. The van der Waals surface area contributed by atoms with Crippen molar-refractivity contribution in [3.8, 4) is 0 Å². The third-order valence-corrected chi connectivity index (χ3v) is 6.07. The second kappa shape index (κ2) is 6.85. The zero-order valence-electron chi connectivity index (χ0n) is 14.2. The number of nitrogens with zero attached hydrogens (tertiary/aromatic N) is 3. The average molecular weight is 359 g/mol. The van der Waals surface area contributed by atoms with Crippen molar-refractivity contribution in [1.29, 1.82) is 0 Å². The van der Waals surface area contributed by atoms with Crippen LogP contribution in [0.25, 0.3) is 0 Å². The van der Waals surface area contributed by atoms with Gasteiger partial charge in [-0.3, -0.25) is 0 Å². The molecule has 1 heterocycles. The molecule has 1 unspecified atom stereocenters. The molecule has 0 bridgehead atoms. The van der Waals surface area contributed by atoms with Crippen LogP contribution in [0.2, 0.25) is 0 Å². The fraction of sp³-hybridized carbons (Fsp3) is 0.278. The van der Waals surface area contributed by atoms with E-state index in [-0.39, 0.29) is 17.5 Å². The number of urea groups is 1. The maximum atomic E-state index is 13.1. The summed E-state index contributed by atoms with van der Waals surface area (Å²) in [6.45, 7) is 0.610. The molecule has 1 aliphatic rings. The number of benzene rings is 2. The van der Waals surface area contributed by atoms with Gasteiger partial charge in [0.25, 0.3) is 0 Å². The Kier molecular flexibility index (Phi) is 4.78. The molecule has 0 spiro atoms. The molecule has 132 valence electrons. The van der Waals surface area contributed by atoms with Gasteiger partial charge in [0, 0.05) is 27.2 Å². The van der Waals surface area contributed by atoms with Gasteiger partial charge >= 0.3 is 6.03 Å². The highest BCUT2D eigenvalue weighted by atomic mass is 32.2. The van der Waals surface area contributed by atoms with E-state index in [2.05, 4.69) is 0 Å². The predicted octanol–water partition coefficient (Wildman–Crippen LogP) is 2.37. The van der Waals surface area contributed by atoms with Crippen molar-refractivity contribution in [2.75, 3.05) is 27.2 Å². The summed E-state index contributed by atoms with van der Waals surface area (Å²) in [6.07, 6.45) is -0.652. The van der Waals surface area contributed by atoms with Crippen LogP contribution >= 0.6 is 0 Å². The number of amides is 2. The average Bonchev–Trinajstić information content (AvgIpc) is 3.08. The Morgan fingerprint density at radius 3 is 2.08 bits per heavy atom. The number of sulfonamides is 1. The van der Waals surface area contributed by atoms with Crippen LogP contribution in [-0.4, -0.2) is 55.7 Å². The normalized spacial score (nSPS) is 18.3. The summed E-state index contributed by atoms with van der Waals surface area (Å²) >= 11 is 0. The summed E-state index contributed by atoms with van der Waals surface area (Å²) in [4.78, 5) is 15.9. The Hall–Kier alpha value is -2.38. The van der Waals surface area contributed by atoms with Crippen molar-refractivity contribution in [3.05, 3.63) is 66.2 Å².